The standard InChI is InChI=1S/C11H8INO5/c1-2-10(12)18-11(15)6-7-3-4-8(13(16)17)9(14)5-7/h1,3-5,10,14H,6H2. The number of esters is 1. The highest BCUT2D eigenvalue weighted by atomic mass is 127. The number of benzene rings is 1. The first kappa shape index (κ1) is 14.2. The van der Waals surface area contributed by atoms with Gasteiger partial charge in [0, 0.05) is 6.07 Å². The molecule has 0 bridgehead atoms. The van der Waals surface area contributed by atoms with E-state index in [0.717, 1.165) is 12.1 Å². The van der Waals surface area contributed by atoms with Gasteiger partial charge in [0.15, 0.2) is 5.75 Å². The molecule has 1 N–H and O–H groups in total. The normalized spacial score (nSPS) is 11.3. The largest absolute Gasteiger partial charge is 0.502 e. The van der Waals surface area contributed by atoms with Gasteiger partial charge in [0.25, 0.3) is 0 Å². The highest BCUT2D eigenvalue weighted by molar-refractivity contribution is 14.1. The van der Waals surface area contributed by atoms with Gasteiger partial charge in [0.2, 0.25) is 4.11 Å². The Morgan fingerprint density at radius 3 is 2.83 bits per heavy atom. The second-order valence-electron chi connectivity index (χ2n) is 3.23. The summed E-state index contributed by atoms with van der Waals surface area (Å²) >= 11 is 1.77. The molecular weight excluding hydrogens is 353 g/mol. The fourth-order valence-corrected chi connectivity index (χ4v) is 1.47. The Balaban J connectivity index is 2.75. The predicted molar refractivity (Wildman–Crippen MR) is 71.2 cm³/mol. The first-order valence-electron chi connectivity index (χ1n) is 4.70. The van der Waals surface area contributed by atoms with Crippen molar-refractivity contribution in [3.63, 3.8) is 0 Å². The minimum atomic E-state index is -0.712. The molecule has 1 atom stereocenters. The van der Waals surface area contributed by atoms with Gasteiger partial charge in [0.1, 0.15) is 0 Å². The van der Waals surface area contributed by atoms with Crippen LogP contribution >= 0.6 is 22.6 Å². The number of nitro groups is 1. The summed E-state index contributed by atoms with van der Waals surface area (Å²) in [6, 6.07) is 3.65. The molecule has 6 nitrogen and oxygen atoms in total. The van der Waals surface area contributed by atoms with E-state index >= 15 is 0 Å². The number of alkyl halides is 1. The van der Waals surface area contributed by atoms with Gasteiger partial charge in [-0.05, 0) is 34.2 Å². The molecule has 0 saturated heterocycles. The van der Waals surface area contributed by atoms with Crippen molar-refractivity contribution in [2.45, 2.75) is 10.5 Å². The average Bonchev–Trinajstić information content (AvgIpc) is 2.28. The summed E-state index contributed by atoms with van der Waals surface area (Å²) in [7, 11) is 0. The van der Waals surface area contributed by atoms with E-state index in [2.05, 4.69) is 5.92 Å². The van der Waals surface area contributed by atoms with E-state index in [1.807, 2.05) is 0 Å². The van der Waals surface area contributed by atoms with Crippen LogP contribution in [0.5, 0.6) is 5.75 Å². The number of nitro benzene ring substituents is 1. The highest BCUT2D eigenvalue weighted by Crippen LogP contribution is 2.26. The van der Waals surface area contributed by atoms with Crippen LogP contribution in [0.25, 0.3) is 0 Å². The van der Waals surface area contributed by atoms with E-state index in [4.69, 9.17) is 11.2 Å². The van der Waals surface area contributed by atoms with Crippen molar-refractivity contribution in [1.82, 2.24) is 0 Å². The van der Waals surface area contributed by atoms with Crippen LogP contribution in [-0.4, -0.2) is 20.1 Å². The Kier molecular flexibility index (Phi) is 4.91. The Morgan fingerprint density at radius 1 is 1.67 bits per heavy atom. The second kappa shape index (κ2) is 6.20. The van der Waals surface area contributed by atoms with E-state index in [0.29, 0.717) is 5.56 Å². The molecule has 0 aromatic heterocycles. The lowest BCUT2D eigenvalue weighted by Crippen LogP contribution is -2.12. The number of halogens is 1. The Labute approximate surface area is 116 Å². The molecule has 0 aliphatic carbocycles. The van der Waals surface area contributed by atoms with E-state index < -0.39 is 26.4 Å². The zero-order valence-corrected chi connectivity index (χ0v) is 11.2. The molecule has 1 unspecified atom stereocenters. The number of carbonyl (C=O) groups excluding carboxylic acids is 1. The van der Waals surface area contributed by atoms with Crippen LogP contribution in [0.1, 0.15) is 5.56 Å². The Bertz CT molecular complexity index is 523. The molecular formula is C11H8INO5. The number of aromatic hydroxyl groups is 1. The number of hydrogen-bond acceptors (Lipinski definition) is 5. The molecule has 18 heavy (non-hydrogen) atoms. The SMILES string of the molecule is C#CC(I)OC(=O)Cc1ccc([N+](=O)[O-])c(O)c1. The third-order valence-corrected chi connectivity index (χ3v) is 2.56. The maximum Gasteiger partial charge on any atom is 0.312 e. The molecule has 94 valence electrons. The number of hydrogen-bond donors (Lipinski definition) is 1. The fraction of sp³-hybridized carbons (Fsp3) is 0.182. The summed E-state index contributed by atoms with van der Waals surface area (Å²) in [5.74, 6) is 1.16. The smallest absolute Gasteiger partial charge is 0.312 e. The summed E-state index contributed by atoms with van der Waals surface area (Å²) in [5.41, 5.74) is -0.00812. The minimum Gasteiger partial charge on any atom is -0.502 e. The van der Waals surface area contributed by atoms with Crippen molar-refractivity contribution < 1.29 is 19.6 Å². The highest BCUT2D eigenvalue weighted by Gasteiger charge is 2.15. The molecule has 1 aromatic rings. The van der Waals surface area contributed by atoms with Gasteiger partial charge < -0.3 is 9.84 Å². The van der Waals surface area contributed by atoms with Gasteiger partial charge in [-0.1, -0.05) is 12.0 Å². The number of phenolic OH excluding ortho intramolecular Hbond substituents is 1. The van der Waals surface area contributed by atoms with Crippen molar-refractivity contribution >= 4 is 34.2 Å². The quantitative estimate of drug-likeness (QED) is 0.221. The third-order valence-electron chi connectivity index (χ3n) is 1.95. The molecule has 0 amide bonds. The summed E-state index contributed by atoms with van der Waals surface area (Å²) < 4.78 is 4.15. The lowest BCUT2D eigenvalue weighted by molar-refractivity contribution is -0.385. The number of phenols is 1. The fourth-order valence-electron chi connectivity index (χ4n) is 1.19. The van der Waals surface area contributed by atoms with Crippen molar-refractivity contribution in [3.8, 4) is 18.1 Å². The average molecular weight is 361 g/mol. The Hall–Kier alpha value is -1.82. The topological polar surface area (TPSA) is 89.7 Å². The van der Waals surface area contributed by atoms with Crippen LogP contribution in [-0.2, 0) is 16.0 Å². The van der Waals surface area contributed by atoms with Crippen LogP contribution < -0.4 is 0 Å². The molecule has 0 radical (unpaired) electrons. The van der Waals surface area contributed by atoms with Crippen molar-refractivity contribution in [2.75, 3.05) is 0 Å². The van der Waals surface area contributed by atoms with Gasteiger partial charge in [-0.3, -0.25) is 14.9 Å². The van der Waals surface area contributed by atoms with Crippen LogP contribution in [0, 0.1) is 22.5 Å². The van der Waals surface area contributed by atoms with Gasteiger partial charge in [-0.25, -0.2) is 0 Å². The van der Waals surface area contributed by atoms with Crippen LogP contribution in [0.15, 0.2) is 18.2 Å². The predicted octanol–water partition coefficient (Wildman–Crippen LogP) is 1.78. The molecule has 1 rings (SSSR count). The summed E-state index contributed by atoms with van der Waals surface area (Å²) in [4.78, 5) is 21.1. The van der Waals surface area contributed by atoms with Crippen LogP contribution in [0.3, 0.4) is 0 Å². The van der Waals surface area contributed by atoms with E-state index in [1.54, 1.807) is 22.6 Å². The lowest BCUT2D eigenvalue weighted by atomic mass is 10.1. The summed E-state index contributed by atoms with van der Waals surface area (Å²) in [6.07, 6.45) is 4.92. The first-order chi connectivity index (χ1) is 8.43. The van der Waals surface area contributed by atoms with Gasteiger partial charge in [0.05, 0.1) is 11.3 Å². The summed E-state index contributed by atoms with van der Waals surface area (Å²) in [5, 5.41) is 19.8. The molecule has 7 heteroatoms. The van der Waals surface area contributed by atoms with Crippen molar-refractivity contribution in [3.05, 3.63) is 33.9 Å². The van der Waals surface area contributed by atoms with Crippen LogP contribution in [0.2, 0.25) is 0 Å². The second-order valence-corrected chi connectivity index (χ2v) is 4.36. The monoisotopic (exact) mass is 361 g/mol. The van der Waals surface area contributed by atoms with Gasteiger partial charge >= 0.3 is 11.7 Å². The Morgan fingerprint density at radius 2 is 2.33 bits per heavy atom. The molecule has 0 aliphatic rings. The van der Waals surface area contributed by atoms with E-state index in [9.17, 15) is 20.0 Å². The number of rotatable bonds is 4. The van der Waals surface area contributed by atoms with E-state index in [1.165, 1.54) is 6.07 Å². The lowest BCUT2D eigenvalue weighted by Gasteiger charge is -2.06. The summed E-state index contributed by atoms with van der Waals surface area (Å²) in [6.45, 7) is 0. The number of terminal acetylenes is 1. The molecule has 0 aliphatic heterocycles. The molecule has 0 fully saturated rings. The number of carbonyl (C=O) groups is 1. The number of ether oxygens (including phenoxy) is 1. The molecule has 0 saturated carbocycles. The zero-order chi connectivity index (χ0) is 13.7. The minimum absolute atomic E-state index is 0.118. The maximum absolute atomic E-state index is 11.4. The first-order valence-corrected chi connectivity index (χ1v) is 5.94. The molecule has 0 spiro atoms. The van der Waals surface area contributed by atoms with Gasteiger partial charge in [-0.2, -0.15) is 0 Å². The number of nitrogens with zero attached hydrogens (tertiary/aromatic N) is 1. The third kappa shape index (κ3) is 3.89. The van der Waals surface area contributed by atoms with Gasteiger partial charge in [-0.15, -0.1) is 6.42 Å². The van der Waals surface area contributed by atoms with Crippen molar-refractivity contribution in [2.24, 2.45) is 0 Å². The molecule has 0 heterocycles. The van der Waals surface area contributed by atoms with E-state index in [-0.39, 0.29) is 6.42 Å². The molecule has 1 aromatic carbocycles. The van der Waals surface area contributed by atoms with Crippen molar-refractivity contribution in [1.29, 1.82) is 0 Å². The zero-order valence-electron chi connectivity index (χ0n) is 9.00. The van der Waals surface area contributed by atoms with Crippen LogP contribution in [0.4, 0.5) is 5.69 Å². The maximum atomic E-state index is 11.4.